The zero-order valence-electron chi connectivity index (χ0n) is 15.1. The number of piperidine rings is 1. The lowest BCUT2D eigenvalue weighted by Crippen LogP contribution is -2.41. The van der Waals surface area contributed by atoms with E-state index in [0.29, 0.717) is 36.5 Å². The Labute approximate surface area is 156 Å². The number of hydrogen-bond donors (Lipinski definition) is 1. The molecule has 2 amide bonds. The smallest absolute Gasteiger partial charge is 0.253 e. The van der Waals surface area contributed by atoms with Gasteiger partial charge in [-0.05, 0) is 25.0 Å². The first kappa shape index (κ1) is 18.8. The number of rotatable bonds is 6. The van der Waals surface area contributed by atoms with Crippen molar-refractivity contribution >= 4 is 11.8 Å². The molecule has 0 unspecified atom stereocenters. The molecular weight excluding hydrogens is 351 g/mol. The Morgan fingerprint density at radius 1 is 1.30 bits per heavy atom. The van der Waals surface area contributed by atoms with Crippen LogP contribution in [0.15, 0.2) is 30.5 Å². The number of ether oxygens (including phenoxy) is 1. The highest BCUT2D eigenvalue weighted by atomic mass is 19.1. The zero-order valence-corrected chi connectivity index (χ0v) is 15.1. The van der Waals surface area contributed by atoms with E-state index in [1.807, 2.05) is 0 Å². The van der Waals surface area contributed by atoms with E-state index in [4.69, 9.17) is 4.74 Å². The van der Waals surface area contributed by atoms with Crippen molar-refractivity contribution in [3.05, 3.63) is 41.8 Å². The first-order valence-electron chi connectivity index (χ1n) is 8.81. The van der Waals surface area contributed by atoms with Crippen molar-refractivity contribution < 1.29 is 18.7 Å². The van der Waals surface area contributed by atoms with Gasteiger partial charge in [-0.1, -0.05) is 12.1 Å². The third kappa shape index (κ3) is 4.58. The summed E-state index contributed by atoms with van der Waals surface area (Å²) in [6.45, 7) is 1.68. The number of carbonyl (C=O) groups is 2. The normalized spacial score (nSPS) is 14.1. The summed E-state index contributed by atoms with van der Waals surface area (Å²) in [5, 5.41) is 2.82. The van der Waals surface area contributed by atoms with Gasteiger partial charge in [-0.2, -0.15) is 9.37 Å². The maximum absolute atomic E-state index is 13.4. The maximum Gasteiger partial charge on any atom is 0.253 e. The maximum atomic E-state index is 13.4. The van der Waals surface area contributed by atoms with Crippen LogP contribution in [0.2, 0.25) is 0 Å². The topological polar surface area (TPSA) is 84.4 Å². The van der Waals surface area contributed by atoms with Gasteiger partial charge in [0.15, 0.2) is 5.82 Å². The molecule has 1 aliphatic heterocycles. The first-order valence-corrected chi connectivity index (χ1v) is 8.81. The van der Waals surface area contributed by atoms with Crippen LogP contribution in [0.3, 0.4) is 0 Å². The summed E-state index contributed by atoms with van der Waals surface area (Å²) in [7, 11) is 1.33. The number of hydrogen-bond acceptors (Lipinski definition) is 5. The second-order valence-corrected chi connectivity index (χ2v) is 6.22. The fourth-order valence-electron chi connectivity index (χ4n) is 2.91. The summed E-state index contributed by atoms with van der Waals surface area (Å²) in [6, 6.07) is 6.68. The van der Waals surface area contributed by atoms with E-state index in [2.05, 4.69) is 15.3 Å². The highest BCUT2D eigenvalue weighted by molar-refractivity contribution is 5.94. The van der Waals surface area contributed by atoms with E-state index >= 15 is 0 Å². The molecule has 0 radical (unpaired) electrons. The lowest BCUT2D eigenvalue weighted by molar-refractivity contribution is -0.133. The predicted octanol–water partition coefficient (Wildman–Crippen LogP) is 2.03. The minimum Gasteiger partial charge on any atom is -0.479 e. The van der Waals surface area contributed by atoms with Crippen LogP contribution in [0, 0.1) is 5.82 Å². The van der Waals surface area contributed by atoms with Crippen molar-refractivity contribution in [2.75, 3.05) is 26.7 Å². The van der Waals surface area contributed by atoms with Crippen molar-refractivity contribution in [3.8, 4) is 17.3 Å². The molecule has 27 heavy (non-hydrogen) atoms. The van der Waals surface area contributed by atoms with E-state index in [1.165, 1.54) is 7.11 Å². The molecule has 0 saturated carbocycles. The van der Waals surface area contributed by atoms with Gasteiger partial charge in [-0.3, -0.25) is 9.59 Å². The van der Waals surface area contributed by atoms with Gasteiger partial charge in [0.1, 0.15) is 0 Å². The number of methoxy groups -OCH3 is 1. The van der Waals surface area contributed by atoms with Crippen LogP contribution >= 0.6 is 0 Å². The first-order chi connectivity index (χ1) is 13.1. The Hall–Kier alpha value is -3.03. The third-order valence-corrected chi connectivity index (χ3v) is 4.40. The lowest BCUT2D eigenvalue weighted by atomic mass is 10.1. The predicted molar refractivity (Wildman–Crippen MR) is 96.7 cm³/mol. The zero-order chi connectivity index (χ0) is 19.2. The van der Waals surface area contributed by atoms with Crippen molar-refractivity contribution in [2.24, 2.45) is 0 Å². The molecule has 0 spiro atoms. The largest absolute Gasteiger partial charge is 0.479 e. The molecule has 0 bridgehead atoms. The van der Waals surface area contributed by atoms with E-state index in [9.17, 15) is 14.0 Å². The van der Waals surface area contributed by atoms with Crippen LogP contribution in [0.5, 0.6) is 5.88 Å². The van der Waals surface area contributed by atoms with Crippen LogP contribution in [0.1, 0.15) is 29.6 Å². The quantitative estimate of drug-likeness (QED) is 0.839. The molecule has 0 aliphatic carbocycles. The summed E-state index contributed by atoms with van der Waals surface area (Å²) in [4.78, 5) is 33.7. The van der Waals surface area contributed by atoms with Gasteiger partial charge in [0.05, 0.1) is 13.3 Å². The van der Waals surface area contributed by atoms with Gasteiger partial charge in [0.2, 0.25) is 11.7 Å². The molecule has 1 aromatic carbocycles. The Morgan fingerprint density at radius 3 is 2.78 bits per heavy atom. The van der Waals surface area contributed by atoms with Gasteiger partial charge in [0, 0.05) is 37.2 Å². The minimum atomic E-state index is -0.635. The minimum absolute atomic E-state index is 0.130. The summed E-state index contributed by atoms with van der Waals surface area (Å²) in [6.07, 6.45) is 3.59. The molecule has 1 N–H and O–H groups in total. The van der Waals surface area contributed by atoms with Crippen molar-refractivity contribution in [1.82, 2.24) is 20.2 Å². The molecule has 142 valence electrons. The monoisotopic (exact) mass is 372 g/mol. The average molecular weight is 372 g/mol. The second kappa shape index (κ2) is 8.57. The number of nitrogens with zero attached hydrogens (tertiary/aromatic N) is 3. The second-order valence-electron chi connectivity index (χ2n) is 6.22. The summed E-state index contributed by atoms with van der Waals surface area (Å²) < 4.78 is 18.3. The fourth-order valence-corrected chi connectivity index (χ4v) is 2.91. The number of carbonyl (C=O) groups excluding carboxylic acids is 2. The Kier molecular flexibility index (Phi) is 5.95. The van der Waals surface area contributed by atoms with Crippen molar-refractivity contribution in [2.45, 2.75) is 19.3 Å². The standard InChI is InChI=1S/C19H21FN4O3/c1-27-19-15(20)12-22-17(23-19)13-5-7-14(8-6-13)18(26)21-9-11-24-10-3-2-4-16(24)25/h5-8,12H,2-4,9-11H2,1H3,(H,21,26). The molecule has 2 heterocycles. The van der Waals surface area contributed by atoms with Gasteiger partial charge in [-0.15, -0.1) is 0 Å². The average Bonchev–Trinajstić information content (AvgIpc) is 2.70. The van der Waals surface area contributed by atoms with Gasteiger partial charge in [0.25, 0.3) is 11.8 Å². The van der Waals surface area contributed by atoms with Crippen molar-refractivity contribution in [1.29, 1.82) is 0 Å². The van der Waals surface area contributed by atoms with E-state index in [-0.39, 0.29) is 17.7 Å². The molecule has 1 fully saturated rings. The third-order valence-electron chi connectivity index (χ3n) is 4.40. The van der Waals surface area contributed by atoms with Gasteiger partial charge >= 0.3 is 0 Å². The highest BCUT2D eigenvalue weighted by Gasteiger charge is 2.17. The SMILES string of the molecule is COc1nc(-c2ccc(C(=O)NCCN3CCCCC3=O)cc2)ncc1F. The molecule has 1 aliphatic rings. The van der Waals surface area contributed by atoms with Crippen LogP contribution in [-0.4, -0.2) is 53.4 Å². The fraction of sp³-hybridized carbons (Fsp3) is 0.368. The molecular formula is C19H21FN4O3. The number of benzene rings is 1. The molecule has 3 rings (SSSR count). The number of likely N-dealkylation sites (tertiary alicyclic amines) is 1. The molecule has 2 aromatic rings. The molecule has 7 nitrogen and oxygen atoms in total. The van der Waals surface area contributed by atoms with Crippen LogP contribution < -0.4 is 10.1 Å². The van der Waals surface area contributed by atoms with Crippen LogP contribution in [0.25, 0.3) is 11.4 Å². The Balaban J connectivity index is 1.58. The van der Waals surface area contributed by atoms with Crippen LogP contribution in [0.4, 0.5) is 4.39 Å². The van der Waals surface area contributed by atoms with E-state index < -0.39 is 5.82 Å². The molecule has 1 saturated heterocycles. The molecule has 1 aromatic heterocycles. The summed E-state index contributed by atoms with van der Waals surface area (Å²) >= 11 is 0. The summed E-state index contributed by atoms with van der Waals surface area (Å²) in [5.41, 5.74) is 1.13. The molecule has 0 atom stereocenters. The summed E-state index contributed by atoms with van der Waals surface area (Å²) in [5.74, 6) is -0.527. The lowest BCUT2D eigenvalue weighted by Gasteiger charge is -2.26. The van der Waals surface area contributed by atoms with Gasteiger partial charge < -0.3 is 15.0 Å². The number of amides is 2. The van der Waals surface area contributed by atoms with Crippen LogP contribution in [-0.2, 0) is 4.79 Å². The Bertz CT molecular complexity index is 826. The van der Waals surface area contributed by atoms with Crippen molar-refractivity contribution in [3.63, 3.8) is 0 Å². The Morgan fingerprint density at radius 2 is 2.07 bits per heavy atom. The van der Waals surface area contributed by atoms with E-state index in [1.54, 1.807) is 29.2 Å². The number of halogens is 1. The number of nitrogens with one attached hydrogen (secondary N) is 1. The highest BCUT2D eigenvalue weighted by Crippen LogP contribution is 2.20. The molecule has 8 heteroatoms. The van der Waals surface area contributed by atoms with E-state index in [0.717, 1.165) is 25.6 Å². The van der Waals surface area contributed by atoms with Gasteiger partial charge in [-0.25, -0.2) is 4.98 Å². The number of aromatic nitrogens is 2.